The summed E-state index contributed by atoms with van der Waals surface area (Å²) in [5, 5.41) is 20.4. The highest BCUT2D eigenvalue weighted by molar-refractivity contribution is 7.89. The molecule has 2 aromatic rings. The lowest BCUT2D eigenvalue weighted by Gasteiger charge is -2.17. The Kier molecular flexibility index (Phi) is 9.43. The summed E-state index contributed by atoms with van der Waals surface area (Å²) in [7, 11) is -1.13. The third-order valence-electron chi connectivity index (χ3n) is 5.16. The van der Waals surface area contributed by atoms with Crippen molar-refractivity contribution < 1.29 is 32.6 Å². The quantitative estimate of drug-likeness (QED) is 0.280. The molecule has 0 saturated carbocycles. The highest BCUT2D eigenvalue weighted by Crippen LogP contribution is 2.15. The van der Waals surface area contributed by atoms with Gasteiger partial charge in [-0.05, 0) is 42.3 Å². The zero-order chi connectivity index (χ0) is 28.6. The molecule has 14 nitrogen and oxygen atoms in total. The van der Waals surface area contributed by atoms with Gasteiger partial charge < -0.3 is 36.0 Å². The van der Waals surface area contributed by atoms with Gasteiger partial charge in [0, 0.05) is 39.3 Å². The van der Waals surface area contributed by atoms with Crippen molar-refractivity contribution in [2.75, 3.05) is 32.5 Å². The molecule has 1 heterocycles. The number of aliphatic carboxylic acids is 1. The third kappa shape index (κ3) is 8.99. The van der Waals surface area contributed by atoms with E-state index in [0.717, 1.165) is 5.56 Å². The van der Waals surface area contributed by atoms with Crippen molar-refractivity contribution in [1.82, 2.24) is 20.9 Å². The first-order chi connectivity index (χ1) is 18.4. The fourth-order valence-corrected chi connectivity index (χ4v) is 4.08. The monoisotopic (exact) mass is 559 g/mol. The van der Waals surface area contributed by atoms with Gasteiger partial charge in [-0.3, -0.25) is 0 Å². The highest BCUT2D eigenvalue weighted by Gasteiger charge is 2.28. The van der Waals surface area contributed by atoms with Crippen LogP contribution in [0.5, 0.6) is 5.75 Å². The lowest BCUT2D eigenvalue weighted by molar-refractivity contribution is -0.139. The number of nitrogens with zero attached hydrogens (tertiary/aromatic N) is 3. The van der Waals surface area contributed by atoms with E-state index < -0.39 is 34.3 Å². The van der Waals surface area contributed by atoms with Gasteiger partial charge >= 0.3 is 28.3 Å². The Bertz CT molecular complexity index is 1390. The van der Waals surface area contributed by atoms with Gasteiger partial charge in [-0.25, -0.2) is 14.4 Å². The topological polar surface area (TPSA) is 191 Å². The van der Waals surface area contributed by atoms with Crippen LogP contribution in [0.25, 0.3) is 0 Å². The van der Waals surface area contributed by atoms with E-state index in [1.165, 1.54) is 31.1 Å². The molecule has 0 spiro atoms. The van der Waals surface area contributed by atoms with Crippen LogP contribution in [-0.4, -0.2) is 81.4 Å². The average molecular weight is 560 g/mol. The number of carbonyl (C=O) groups excluding carboxylic acids is 2. The zero-order valence-corrected chi connectivity index (χ0v) is 22.3. The van der Waals surface area contributed by atoms with Crippen LogP contribution in [0.2, 0.25) is 0 Å². The number of benzene rings is 2. The number of rotatable bonds is 9. The molecule has 3 amide bonds. The van der Waals surface area contributed by atoms with Crippen LogP contribution in [0, 0.1) is 6.92 Å². The number of carbonyl (C=O) groups is 3. The maximum Gasteiger partial charge on any atom is 0.414 e. The predicted molar refractivity (Wildman–Crippen MR) is 144 cm³/mol. The Balaban J connectivity index is 1.55. The Morgan fingerprint density at radius 1 is 1.03 bits per heavy atom. The number of nitrogens with one attached hydrogen (secondary N) is 4. The van der Waals surface area contributed by atoms with Gasteiger partial charge in [-0.1, -0.05) is 24.3 Å². The number of amidine groups is 2. The summed E-state index contributed by atoms with van der Waals surface area (Å²) < 4.78 is 36.1. The first-order valence-electron chi connectivity index (χ1n) is 11.7. The standard InChI is InChI=1S/C24H29N7O7S/c1-15-5-4-6-17(13-15)27-23(34)26-12-11-25-20-21(30-39(36,37)29-20)28-19(22(32)33)14-16-7-9-18(10-8-16)38-24(35)31(2)3/h4-10,13,19H,11-12,14H2,1-3H3,(H,25,29)(H,28,30)(H,32,33)(H2,26,27,34). The Morgan fingerprint density at radius 2 is 1.72 bits per heavy atom. The molecular weight excluding hydrogens is 530 g/mol. The number of carboxylic acid groups (broad SMARTS) is 1. The van der Waals surface area contributed by atoms with Crippen molar-refractivity contribution in [3.05, 3.63) is 59.7 Å². The molecule has 5 N–H and O–H groups in total. The molecule has 2 aromatic carbocycles. The molecule has 1 aliphatic rings. The summed E-state index contributed by atoms with van der Waals surface area (Å²) in [4.78, 5) is 36.9. The van der Waals surface area contributed by atoms with Crippen LogP contribution >= 0.6 is 0 Å². The third-order valence-corrected chi connectivity index (χ3v) is 5.99. The van der Waals surface area contributed by atoms with Crippen molar-refractivity contribution in [2.45, 2.75) is 19.4 Å². The molecule has 208 valence electrons. The first kappa shape index (κ1) is 28.9. The molecule has 15 heteroatoms. The second kappa shape index (κ2) is 12.7. The number of carboxylic acids is 1. The van der Waals surface area contributed by atoms with Crippen LogP contribution in [0.1, 0.15) is 11.1 Å². The SMILES string of the molecule is Cc1cccc(NC(=O)NCCNC2=NS(=O)(=O)N=C2NC(Cc2ccc(OC(=O)N(C)C)cc2)C(=O)O)c1. The molecule has 0 radical (unpaired) electrons. The van der Waals surface area contributed by atoms with Gasteiger partial charge in [0.2, 0.25) is 0 Å². The van der Waals surface area contributed by atoms with E-state index in [1.807, 2.05) is 19.1 Å². The van der Waals surface area contributed by atoms with E-state index in [2.05, 4.69) is 30.1 Å². The average Bonchev–Trinajstić information content (AvgIpc) is 3.15. The number of ether oxygens (including phenoxy) is 1. The van der Waals surface area contributed by atoms with Crippen LogP contribution in [0.4, 0.5) is 15.3 Å². The van der Waals surface area contributed by atoms with Crippen LogP contribution in [0.3, 0.4) is 0 Å². The second-order valence-electron chi connectivity index (χ2n) is 8.65. The van der Waals surface area contributed by atoms with E-state index in [0.29, 0.717) is 11.3 Å². The molecule has 39 heavy (non-hydrogen) atoms. The lowest BCUT2D eigenvalue weighted by Crippen LogP contribution is -2.48. The fourth-order valence-electron chi connectivity index (χ4n) is 3.29. The van der Waals surface area contributed by atoms with E-state index >= 15 is 0 Å². The maximum absolute atomic E-state index is 12.1. The molecular formula is C24H29N7O7S. The number of amides is 3. The summed E-state index contributed by atoms with van der Waals surface area (Å²) in [5.74, 6) is -1.40. The number of urea groups is 1. The number of anilines is 1. The predicted octanol–water partition coefficient (Wildman–Crippen LogP) is 1.11. The Hall–Kier alpha value is -4.66. The molecule has 1 aliphatic heterocycles. The van der Waals surface area contributed by atoms with E-state index in [1.54, 1.807) is 24.3 Å². The van der Waals surface area contributed by atoms with Crippen molar-refractivity contribution in [3.8, 4) is 5.75 Å². The smallest absolute Gasteiger partial charge is 0.414 e. The maximum atomic E-state index is 12.1. The van der Waals surface area contributed by atoms with Crippen molar-refractivity contribution >= 4 is 45.7 Å². The fraction of sp³-hybridized carbons (Fsp3) is 0.292. The Morgan fingerprint density at radius 3 is 2.36 bits per heavy atom. The van der Waals surface area contributed by atoms with Crippen LogP contribution in [-0.2, 0) is 21.4 Å². The second-order valence-corrected chi connectivity index (χ2v) is 9.91. The molecule has 0 aliphatic carbocycles. The molecule has 0 fully saturated rings. The van der Waals surface area contributed by atoms with Gasteiger partial charge in [0.25, 0.3) is 0 Å². The normalized spacial score (nSPS) is 14.3. The van der Waals surface area contributed by atoms with Crippen molar-refractivity contribution in [1.29, 1.82) is 0 Å². The molecule has 1 unspecified atom stereocenters. The molecule has 0 bridgehead atoms. The number of aryl methyl sites for hydroxylation is 1. The largest absolute Gasteiger partial charge is 0.480 e. The minimum Gasteiger partial charge on any atom is -0.480 e. The van der Waals surface area contributed by atoms with Gasteiger partial charge in [0.1, 0.15) is 11.8 Å². The highest BCUT2D eigenvalue weighted by atomic mass is 32.2. The van der Waals surface area contributed by atoms with Gasteiger partial charge in [0.05, 0.1) is 0 Å². The number of hydrogen-bond donors (Lipinski definition) is 5. The van der Waals surface area contributed by atoms with Gasteiger partial charge in [0.15, 0.2) is 11.7 Å². The zero-order valence-electron chi connectivity index (χ0n) is 21.5. The minimum absolute atomic E-state index is 0.0374. The van der Waals surface area contributed by atoms with E-state index in [9.17, 15) is 27.9 Å². The van der Waals surface area contributed by atoms with Crippen molar-refractivity contribution in [3.63, 3.8) is 0 Å². The first-order valence-corrected chi connectivity index (χ1v) is 13.1. The summed E-state index contributed by atoms with van der Waals surface area (Å²) in [6.45, 7) is 2.09. The molecule has 3 rings (SSSR count). The molecule has 0 aromatic heterocycles. The van der Waals surface area contributed by atoms with Gasteiger partial charge in [-0.15, -0.1) is 8.80 Å². The molecule has 1 atom stereocenters. The van der Waals surface area contributed by atoms with Crippen LogP contribution < -0.4 is 26.0 Å². The minimum atomic E-state index is -4.21. The van der Waals surface area contributed by atoms with Crippen molar-refractivity contribution in [2.24, 2.45) is 8.80 Å². The van der Waals surface area contributed by atoms with E-state index in [4.69, 9.17) is 4.74 Å². The summed E-state index contributed by atoms with van der Waals surface area (Å²) in [5.41, 5.74) is 2.18. The number of hydrogen-bond acceptors (Lipinski definition) is 8. The van der Waals surface area contributed by atoms with E-state index in [-0.39, 0.29) is 36.9 Å². The van der Waals surface area contributed by atoms with Crippen LogP contribution in [0.15, 0.2) is 57.3 Å². The molecule has 0 saturated heterocycles. The summed E-state index contributed by atoms with van der Waals surface area (Å²) in [6.07, 6.45) is -0.598. The Labute approximate surface area is 225 Å². The lowest BCUT2D eigenvalue weighted by atomic mass is 10.1. The summed E-state index contributed by atoms with van der Waals surface area (Å²) in [6, 6.07) is 11.7. The summed E-state index contributed by atoms with van der Waals surface area (Å²) >= 11 is 0. The van der Waals surface area contributed by atoms with Gasteiger partial charge in [-0.2, -0.15) is 8.42 Å².